The SMILES string of the molecule is COC(=O)c1c(-c2ccccc2)csc1NC(=O)[C@H]1COCCO1. The maximum atomic E-state index is 12.3. The van der Waals surface area contributed by atoms with Crippen LogP contribution in [-0.4, -0.2) is 44.9 Å². The number of esters is 1. The van der Waals surface area contributed by atoms with Crippen molar-refractivity contribution >= 4 is 28.2 Å². The molecule has 7 heteroatoms. The Morgan fingerprint density at radius 2 is 2.04 bits per heavy atom. The minimum Gasteiger partial charge on any atom is -0.465 e. The number of rotatable bonds is 4. The zero-order valence-electron chi connectivity index (χ0n) is 13.1. The van der Waals surface area contributed by atoms with E-state index < -0.39 is 12.1 Å². The number of methoxy groups -OCH3 is 1. The summed E-state index contributed by atoms with van der Waals surface area (Å²) in [6, 6.07) is 9.48. The first-order valence-electron chi connectivity index (χ1n) is 7.46. The predicted molar refractivity (Wildman–Crippen MR) is 90.3 cm³/mol. The summed E-state index contributed by atoms with van der Waals surface area (Å²) in [5.41, 5.74) is 1.95. The van der Waals surface area contributed by atoms with E-state index in [2.05, 4.69) is 5.32 Å². The quantitative estimate of drug-likeness (QED) is 0.861. The third-order valence-corrected chi connectivity index (χ3v) is 4.51. The number of hydrogen-bond acceptors (Lipinski definition) is 6. The molecule has 0 saturated carbocycles. The molecule has 6 nitrogen and oxygen atoms in total. The molecule has 0 spiro atoms. The van der Waals surface area contributed by atoms with Crippen LogP contribution in [-0.2, 0) is 19.0 Å². The van der Waals surface area contributed by atoms with E-state index in [1.807, 2.05) is 35.7 Å². The average Bonchev–Trinajstić information content (AvgIpc) is 3.06. The van der Waals surface area contributed by atoms with E-state index >= 15 is 0 Å². The fourth-order valence-electron chi connectivity index (χ4n) is 2.42. The average molecular weight is 347 g/mol. The molecule has 1 aliphatic rings. The zero-order chi connectivity index (χ0) is 16.9. The number of carbonyl (C=O) groups excluding carboxylic acids is 2. The Bertz CT molecular complexity index is 722. The molecule has 1 N–H and O–H groups in total. The van der Waals surface area contributed by atoms with Crippen molar-refractivity contribution in [2.24, 2.45) is 0 Å². The molecule has 0 bridgehead atoms. The predicted octanol–water partition coefficient (Wildman–Crippen LogP) is 2.56. The maximum absolute atomic E-state index is 12.3. The van der Waals surface area contributed by atoms with Gasteiger partial charge in [-0.2, -0.15) is 0 Å². The molecule has 1 saturated heterocycles. The molecule has 1 atom stereocenters. The first-order chi connectivity index (χ1) is 11.7. The van der Waals surface area contributed by atoms with Gasteiger partial charge in [0, 0.05) is 10.9 Å². The molecular formula is C17H17NO5S. The number of ether oxygens (including phenoxy) is 3. The Labute approximate surface area is 143 Å². The highest BCUT2D eigenvalue weighted by molar-refractivity contribution is 7.15. The van der Waals surface area contributed by atoms with Crippen molar-refractivity contribution in [3.05, 3.63) is 41.3 Å². The van der Waals surface area contributed by atoms with Gasteiger partial charge in [-0.3, -0.25) is 4.79 Å². The third kappa shape index (κ3) is 3.48. The second-order valence-corrected chi connectivity index (χ2v) is 6.01. The fourth-order valence-corrected chi connectivity index (χ4v) is 3.38. The molecule has 0 aliphatic carbocycles. The first kappa shape index (κ1) is 16.6. The Morgan fingerprint density at radius 3 is 2.71 bits per heavy atom. The highest BCUT2D eigenvalue weighted by Crippen LogP contribution is 2.36. The third-order valence-electron chi connectivity index (χ3n) is 3.61. The van der Waals surface area contributed by atoms with Crippen molar-refractivity contribution < 1.29 is 23.8 Å². The summed E-state index contributed by atoms with van der Waals surface area (Å²) in [7, 11) is 1.32. The van der Waals surface area contributed by atoms with Crippen LogP contribution in [0.4, 0.5) is 5.00 Å². The largest absolute Gasteiger partial charge is 0.465 e. The lowest BCUT2D eigenvalue weighted by atomic mass is 10.0. The second-order valence-electron chi connectivity index (χ2n) is 5.13. The molecule has 0 unspecified atom stereocenters. The number of hydrogen-bond donors (Lipinski definition) is 1. The number of carbonyl (C=O) groups is 2. The summed E-state index contributed by atoms with van der Waals surface area (Å²) in [6.45, 7) is 1.06. The van der Waals surface area contributed by atoms with Gasteiger partial charge in [-0.25, -0.2) is 4.79 Å². The van der Waals surface area contributed by atoms with E-state index in [9.17, 15) is 9.59 Å². The zero-order valence-corrected chi connectivity index (χ0v) is 13.9. The van der Waals surface area contributed by atoms with Crippen molar-refractivity contribution in [1.29, 1.82) is 0 Å². The molecule has 2 heterocycles. The Morgan fingerprint density at radius 1 is 1.25 bits per heavy atom. The van der Waals surface area contributed by atoms with Crippen molar-refractivity contribution in [2.75, 3.05) is 32.2 Å². The van der Waals surface area contributed by atoms with Crippen LogP contribution >= 0.6 is 11.3 Å². The molecule has 1 aromatic heterocycles. The highest BCUT2D eigenvalue weighted by Gasteiger charge is 2.27. The molecule has 24 heavy (non-hydrogen) atoms. The number of thiophene rings is 1. The number of benzene rings is 1. The van der Waals surface area contributed by atoms with Gasteiger partial charge in [0.1, 0.15) is 10.6 Å². The summed E-state index contributed by atoms with van der Waals surface area (Å²) >= 11 is 1.28. The van der Waals surface area contributed by atoms with Crippen LogP contribution in [0.1, 0.15) is 10.4 Å². The summed E-state index contributed by atoms with van der Waals surface area (Å²) in [6.07, 6.45) is -0.675. The van der Waals surface area contributed by atoms with Crippen LogP contribution < -0.4 is 5.32 Å². The summed E-state index contributed by atoms with van der Waals surface area (Å²) in [4.78, 5) is 24.5. The summed E-state index contributed by atoms with van der Waals surface area (Å²) < 4.78 is 15.5. The molecule has 0 radical (unpaired) electrons. The van der Waals surface area contributed by atoms with Crippen LogP contribution in [0.2, 0.25) is 0 Å². The maximum Gasteiger partial charge on any atom is 0.341 e. The van der Waals surface area contributed by atoms with Gasteiger partial charge in [0.2, 0.25) is 0 Å². The van der Waals surface area contributed by atoms with Gasteiger partial charge in [-0.15, -0.1) is 11.3 Å². The van der Waals surface area contributed by atoms with E-state index in [1.54, 1.807) is 0 Å². The van der Waals surface area contributed by atoms with E-state index in [4.69, 9.17) is 14.2 Å². The molecule has 1 aromatic carbocycles. The van der Waals surface area contributed by atoms with Gasteiger partial charge >= 0.3 is 5.97 Å². The van der Waals surface area contributed by atoms with E-state index in [-0.39, 0.29) is 12.5 Å². The number of nitrogens with one attached hydrogen (secondary N) is 1. The topological polar surface area (TPSA) is 73.9 Å². The van der Waals surface area contributed by atoms with Gasteiger partial charge < -0.3 is 19.5 Å². The fraction of sp³-hybridized carbons (Fsp3) is 0.294. The highest BCUT2D eigenvalue weighted by atomic mass is 32.1. The number of anilines is 1. The van der Waals surface area contributed by atoms with E-state index in [1.165, 1.54) is 18.4 Å². The molecule has 1 aliphatic heterocycles. The molecule has 126 valence electrons. The smallest absolute Gasteiger partial charge is 0.341 e. The van der Waals surface area contributed by atoms with Gasteiger partial charge in [0.15, 0.2) is 6.10 Å². The van der Waals surface area contributed by atoms with Crippen molar-refractivity contribution in [3.8, 4) is 11.1 Å². The van der Waals surface area contributed by atoms with Crippen LogP contribution in [0.5, 0.6) is 0 Å². The Balaban J connectivity index is 1.89. The van der Waals surface area contributed by atoms with Gasteiger partial charge in [-0.1, -0.05) is 30.3 Å². The molecule has 2 aromatic rings. The molecular weight excluding hydrogens is 330 g/mol. The van der Waals surface area contributed by atoms with Crippen LogP contribution in [0.3, 0.4) is 0 Å². The van der Waals surface area contributed by atoms with Crippen molar-refractivity contribution in [3.63, 3.8) is 0 Å². The summed E-state index contributed by atoms with van der Waals surface area (Å²) in [5.74, 6) is -0.826. The normalized spacial score (nSPS) is 17.3. The Hall–Kier alpha value is -2.22. The lowest BCUT2D eigenvalue weighted by Gasteiger charge is -2.21. The molecule has 3 rings (SSSR count). The van der Waals surface area contributed by atoms with Crippen LogP contribution in [0.25, 0.3) is 11.1 Å². The van der Waals surface area contributed by atoms with Crippen molar-refractivity contribution in [2.45, 2.75) is 6.10 Å². The van der Waals surface area contributed by atoms with Gasteiger partial charge in [-0.05, 0) is 5.56 Å². The van der Waals surface area contributed by atoms with Crippen LogP contribution in [0.15, 0.2) is 35.7 Å². The molecule has 1 fully saturated rings. The lowest BCUT2D eigenvalue weighted by molar-refractivity contribution is -0.142. The minimum absolute atomic E-state index is 0.205. The monoisotopic (exact) mass is 347 g/mol. The first-order valence-corrected chi connectivity index (χ1v) is 8.34. The standard InChI is InChI=1S/C17H17NO5S/c1-21-17(20)14-12(11-5-3-2-4-6-11)10-24-16(14)18-15(19)13-9-22-7-8-23-13/h2-6,10,13H,7-9H2,1H3,(H,18,19)/t13-/m1/s1. The van der Waals surface area contributed by atoms with E-state index in [0.717, 1.165) is 11.1 Å². The summed E-state index contributed by atoms with van der Waals surface area (Å²) in [5, 5.41) is 5.03. The van der Waals surface area contributed by atoms with Gasteiger partial charge in [0.25, 0.3) is 5.91 Å². The van der Waals surface area contributed by atoms with Crippen LogP contribution in [0, 0.1) is 0 Å². The van der Waals surface area contributed by atoms with Gasteiger partial charge in [0.05, 0.1) is 26.9 Å². The molecule has 1 amide bonds. The second kappa shape index (κ2) is 7.57. The Kier molecular flexibility index (Phi) is 5.24. The lowest BCUT2D eigenvalue weighted by Crippen LogP contribution is -2.39. The van der Waals surface area contributed by atoms with Crippen molar-refractivity contribution in [1.82, 2.24) is 0 Å². The van der Waals surface area contributed by atoms with E-state index in [0.29, 0.717) is 23.8 Å². The minimum atomic E-state index is -0.675. The number of amides is 1.